The third kappa shape index (κ3) is 3.34. The Bertz CT molecular complexity index is 687. The second-order valence-corrected chi connectivity index (χ2v) is 6.18. The highest BCUT2D eigenvalue weighted by Gasteiger charge is 2.24. The fraction of sp³-hybridized carbons (Fsp3) is 0.412. The Hall–Kier alpha value is -2.01. The van der Waals surface area contributed by atoms with Gasteiger partial charge in [-0.25, -0.2) is 0 Å². The average Bonchev–Trinajstić information content (AvgIpc) is 2.96. The van der Waals surface area contributed by atoms with Gasteiger partial charge in [0.2, 0.25) is 0 Å². The summed E-state index contributed by atoms with van der Waals surface area (Å²) < 4.78 is 1.78. The standard InChI is InChI=1S/C17H21ClN4O/c1-3-22-16(12-13(2)19-22)17(23)21-10-8-20(9-11-21)15-6-4-14(18)5-7-15/h4-7,12H,3,8-11H2,1-2H3. The van der Waals surface area contributed by atoms with E-state index in [1.807, 2.05) is 49.1 Å². The van der Waals surface area contributed by atoms with Crippen LogP contribution in [0, 0.1) is 6.92 Å². The predicted molar refractivity (Wildman–Crippen MR) is 92.2 cm³/mol. The van der Waals surface area contributed by atoms with Gasteiger partial charge >= 0.3 is 0 Å². The highest BCUT2D eigenvalue weighted by molar-refractivity contribution is 6.30. The van der Waals surface area contributed by atoms with Gasteiger partial charge in [0.1, 0.15) is 5.69 Å². The van der Waals surface area contributed by atoms with Crippen LogP contribution in [0.15, 0.2) is 30.3 Å². The molecule has 23 heavy (non-hydrogen) atoms. The van der Waals surface area contributed by atoms with Gasteiger partial charge in [-0.2, -0.15) is 5.10 Å². The van der Waals surface area contributed by atoms with Crippen molar-refractivity contribution in [3.63, 3.8) is 0 Å². The van der Waals surface area contributed by atoms with Crippen LogP contribution in [0.2, 0.25) is 5.02 Å². The van der Waals surface area contributed by atoms with E-state index in [-0.39, 0.29) is 5.91 Å². The van der Waals surface area contributed by atoms with Crippen molar-refractivity contribution < 1.29 is 4.79 Å². The van der Waals surface area contributed by atoms with Crippen LogP contribution in [0.4, 0.5) is 5.69 Å². The minimum Gasteiger partial charge on any atom is -0.368 e. The van der Waals surface area contributed by atoms with Crippen molar-refractivity contribution in [3.8, 4) is 0 Å². The lowest BCUT2D eigenvalue weighted by molar-refractivity contribution is 0.0734. The van der Waals surface area contributed by atoms with Crippen LogP contribution < -0.4 is 4.90 Å². The van der Waals surface area contributed by atoms with E-state index in [9.17, 15) is 4.79 Å². The summed E-state index contributed by atoms with van der Waals surface area (Å²) in [7, 11) is 0. The van der Waals surface area contributed by atoms with Crippen molar-refractivity contribution in [1.82, 2.24) is 14.7 Å². The zero-order valence-electron chi connectivity index (χ0n) is 13.5. The highest BCUT2D eigenvalue weighted by atomic mass is 35.5. The molecule has 6 heteroatoms. The highest BCUT2D eigenvalue weighted by Crippen LogP contribution is 2.20. The summed E-state index contributed by atoms with van der Waals surface area (Å²) in [6, 6.07) is 9.72. The summed E-state index contributed by atoms with van der Waals surface area (Å²) in [5.74, 6) is 0.0724. The lowest BCUT2D eigenvalue weighted by Crippen LogP contribution is -2.49. The van der Waals surface area contributed by atoms with Gasteiger partial charge < -0.3 is 9.80 Å². The van der Waals surface area contributed by atoms with Crippen molar-refractivity contribution in [1.29, 1.82) is 0 Å². The summed E-state index contributed by atoms with van der Waals surface area (Å²) in [6.07, 6.45) is 0. The molecule has 1 amide bonds. The number of rotatable bonds is 3. The molecule has 2 heterocycles. The molecule has 1 aliphatic rings. The predicted octanol–water partition coefficient (Wildman–Crippen LogP) is 2.83. The Morgan fingerprint density at radius 3 is 2.43 bits per heavy atom. The smallest absolute Gasteiger partial charge is 0.272 e. The number of amides is 1. The molecular formula is C17H21ClN4O. The molecule has 0 saturated carbocycles. The molecule has 0 unspecified atom stereocenters. The molecule has 5 nitrogen and oxygen atoms in total. The minimum absolute atomic E-state index is 0.0724. The van der Waals surface area contributed by atoms with Crippen LogP contribution in [-0.4, -0.2) is 46.8 Å². The van der Waals surface area contributed by atoms with Gasteiger partial charge in [-0.1, -0.05) is 11.6 Å². The first-order chi connectivity index (χ1) is 11.1. The van der Waals surface area contributed by atoms with Crippen molar-refractivity contribution in [2.24, 2.45) is 0 Å². The number of carbonyl (C=O) groups excluding carboxylic acids is 1. The second-order valence-electron chi connectivity index (χ2n) is 5.74. The quantitative estimate of drug-likeness (QED) is 0.868. The Labute approximate surface area is 141 Å². The molecule has 0 aliphatic carbocycles. The minimum atomic E-state index is 0.0724. The maximum atomic E-state index is 12.7. The first-order valence-electron chi connectivity index (χ1n) is 7.92. The molecule has 1 aromatic heterocycles. The molecule has 0 N–H and O–H groups in total. The average molecular weight is 333 g/mol. The largest absolute Gasteiger partial charge is 0.368 e. The summed E-state index contributed by atoms with van der Waals surface area (Å²) >= 11 is 5.93. The molecule has 122 valence electrons. The van der Waals surface area contributed by atoms with Crippen LogP contribution in [0.25, 0.3) is 0 Å². The zero-order valence-corrected chi connectivity index (χ0v) is 14.3. The summed E-state index contributed by atoms with van der Waals surface area (Å²) in [6.45, 7) is 7.72. The van der Waals surface area contributed by atoms with Gasteiger partial charge in [-0.15, -0.1) is 0 Å². The molecule has 1 aromatic carbocycles. The van der Waals surface area contributed by atoms with Gasteiger partial charge in [-0.3, -0.25) is 9.48 Å². The van der Waals surface area contributed by atoms with E-state index >= 15 is 0 Å². The number of hydrogen-bond acceptors (Lipinski definition) is 3. The van der Waals surface area contributed by atoms with Gasteiger partial charge in [0.15, 0.2) is 0 Å². The monoisotopic (exact) mass is 332 g/mol. The topological polar surface area (TPSA) is 41.4 Å². The Morgan fingerprint density at radius 1 is 1.17 bits per heavy atom. The zero-order chi connectivity index (χ0) is 16.4. The SMILES string of the molecule is CCn1nc(C)cc1C(=O)N1CCN(c2ccc(Cl)cc2)CC1. The Balaban J connectivity index is 1.66. The number of nitrogens with zero attached hydrogens (tertiary/aromatic N) is 4. The first kappa shape index (κ1) is 15.9. The number of anilines is 1. The van der Waals surface area contributed by atoms with Crippen LogP contribution in [0.1, 0.15) is 23.1 Å². The number of benzene rings is 1. The maximum Gasteiger partial charge on any atom is 0.272 e. The number of aromatic nitrogens is 2. The van der Waals surface area contributed by atoms with E-state index in [1.54, 1.807) is 4.68 Å². The normalized spacial score (nSPS) is 15.1. The van der Waals surface area contributed by atoms with E-state index in [2.05, 4.69) is 10.00 Å². The molecule has 0 spiro atoms. The van der Waals surface area contributed by atoms with E-state index < -0.39 is 0 Å². The molecular weight excluding hydrogens is 312 g/mol. The summed E-state index contributed by atoms with van der Waals surface area (Å²) in [4.78, 5) is 16.9. The van der Waals surface area contributed by atoms with E-state index in [4.69, 9.17) is 11.6 Å². The molecule has 1 fully saturated rings. The van der Waals surface area contributed by atoms with Crippen LogP contribution >= 0.6 is 11.6 Å². The molecule has 3 rings (SSSR count). The molecule has 1 aliphatic heterocycles. The second kappa shape index (κ2) is 6.62. The molecule has 1 saturated heterocycles. The number of aryl methyl sites for hydroxylation is 2. The Morgan fingerprint density at radius 2 is 1.83 bits per heavy atom. The van der Waals surface area contributed by atoms with Crippen LogP contribution in [0.3, 0.4) is 0 Å². The van der Waals surface area contributed by atoms with E-state index in [0.29, 0.717) is 12.2 Å². The van der Waals surface area contributed by atoms with Crippen molar-refractivity contribution >= 4 is 23.2 Å². The first-order valence-corrected chi connectivity index (χ1v) is 8.30. The van der Waals surface area contributed by atoms with E-state index in [0.717, 1.165) is 42.6 Å². The number of carbonyl (C=O) groups is 1. The number of halogens is 1. The van der Waals surface area contributed by atoms with Crippen molar-refractivity contribution in [3.05, 3.63) is 46.7 Å². The van der Waals surface area contributed by atoms with E-state index in [1.165, 1.54) is 0 Å². The summed E-state index contributed by atoms with van der Waals surface area (Å²) in [5, 5.41) is 5.10. The number of hydrogen-bond donors (Lipinski definition) is 0. The van der Waals surface area contributed by atoms with Crippen molar-refractivity contribution in [2.45, 2.75) is 20.4 Å². The number of piperazine rings is 1. The lowest BCUT2D eigenvalue weighted by atomic mass is 10.2. The van der Waals surface area contributed by atoms with Gasteiger partial charge in [0, 0.05) is 43.4 Å². The Kier molecular flexibility index (Phi) is 4.57. The fourth-order valence-electron chi connectivity index (χ4n) is 2.94. The fourth-order valence-corrected chi connectivity index (χ4v) is 3.07. The third-order valence-corrected chi connectivity index (χ3v) is 4.43. The van der Waals surface area contributed by atoms with Gasteiger partial charge in [0.25, 0.3) is 5.91 Å². The molecule has 0 atom stereocenters. The van der Waals surface area contributed by atoms with Crippen molar-refractivity contribution in [2.75, 3.05) is 31.1 Å². The molecule has 0 radical (unpaired) electrons. The molecule has 0 bridgehead atoms. The maximum absolute atomic E-state index is 12.7. The van der Waals surface area contributed by atoms with Gasteiger partial charge in [-0.05, 0) is 44.2 Å². The van der Waals surface area contributed by atoms with Crippen LogP contribution in [-0.2, 0) is 6.54 Å². The van der Waals surface area contributed by atoms with Crippen LogP contribution in [0.5, 0.6) is 0 Å². The lowest BCUT2D eigenvalue weighted by Gasteiger charge is -2.36. The summed E-state index contributed by atoms with van der Waals surface area (Å²) in [5.41, 5.74) is 2.72. The van der Waals surface area contributed by atoms with Gasteiger partial charge in [0.05, 0.1) is 5.69 Å². The molecule has 2 aromatic rings. The third-order valence-electron chi connectivity index (χ3n) is 4.18.